The second-order valence-electron chi connectivity index (χ2n) is 7.70. The number of amides is 1. The lowest BCUT2D eigenvalue weighted by Crippen LogP contribution is -2.38. The Hall–Kier alpha value is -2.40. The largest absolute Gasteiger partial charge is 0.368 e. The summed E-state index contributed by atoms with van der Waals surface area (Å²) >= 11 is 0. The Morgan fingerprint density at radius 1 is 1.35 bits per heavy atom. The first-order valence-electron chi connectivity index (χ1n) is 9.20. The number of hydrogen-bond acceptors (Lipinski definition) is 4. The molecule has 1 aromatic carbocycles. The Labute approximate surface area is 154 Å². The number of anilines is 2. The summed E-state index contributed by atoms with van der Waals surface area (Å²) in [6, 6.07) is 12.6. The van der Waals surface area contributed by atoms with Gasteiger partial charge in [-0.3, -0.25) is 9.78 Å². The van der Waals surface area contributed by atoms with E-state index >= 15 is 0 Å². The van der Waals surface area contributed by atoms with Crippen molar-refractivity contribution in [2.24, 2.45) is 0 Å². The topological polar surface area (TPSA) is 54.5 Å². The molecule has 136 valence electrons. The Balaban J connectivity index is 1.54. The number of hydrogen-bond donors (Lipinski definition) is 1. The predicted octanol–water partition coefficient (Wildman–Crippen LogP) is 3.28. The van der Waals surface area contributed by atoms with Gasteiger partial charge in [0.2, 0.25) is 0 Å². The number of benzene rings is 1. The molecule has 1 amide bonds. The van der Waals surface area contributed by atoms with Gasteiger partial charge in [-0.2, -0.15) is 0 Å². The maximum absolute atomic E-state index is 12.7. The monoisotopic (exact) mass is 351 g/mol. The molecule has 1 aromatic heterocycles. The van der Waals surface area contributed by atoms with E-state index in [1.807, 2.05) is 13.0 Å². The number of aromatic nitrogens is 1. The second-order valence-corrected chi connectivity index (χ2v) is 7.70. The van der Waals surface area contributed by atoms with Crippen molar-refractivity contribution in [3.05, 3.63) is 53.9 Å². The summed E-state index contributed by atoms with van der Waals surface area (Å²) in [5.74, 6) is -0.0760. The van der Waals surface area contributed by atoms with Crippen molar-refractivity contribution >= 4 is 17.3 Å². The fraction of sp³-hybridized carbons (Fsp3) is 0.429. The van der Waals surface area contributed by atoms with E-state index in [0.717, 1.165) is 17.9 Å². The van der Waals surface area contributed by atoms with Gasteiger partial charge in [0.25, 0.3) is 5.91 Å². The molecule has 5 nitrogen and oxygen atoms in total. The van der Waals surface area contributed by atoms with Gasteiger partial charge in [0.1, 0.15) is 6.10 Å². The summed E-state index contributed by atoms with van der Waals surface area (Å²) < 4.78 is 5.99. The van der Waals surface area contributed by atoms with Crippen LogP contribution in [0.1, 0.15) is 31.5 Å². The number of rotatable bonds is 3. The lowest BCUT2D eigenvalue weighted by molar-refractivity contribution is -0.124. The van der Waals surface area contributed by atoms with Gasteiger partial charge in [-0.15, -0.1) is 0 Å². The van der Waals surface area contributed by atoms with Gasteiger partial charge >= 0.3 is 0 Å². The maximum atomic E-state index is 12.7. The number of para-hydroxylation sites is 1. The van der Waals surface area contributed by atoms with E-state index in [9.17, 15) is 4.79 Å². The van der Waals surface area contributed by atoms with Crippen molar-refractivity contribution in [3.8, 4) is 0 Å². The van der Waals surface area contributed by atoms with E-state index in [-0.39, 0.29) is 11.3 Å². The zero-order valence-corrected chi connectivity index (χ0v) is 15.5. The number of pyridine rings is 1. The minimum Gasteiger partial charge on any atom is -0.368 e. The maximum Gasteiger partial charge on any atom is 0.253 e. The van der Waals surface area contributed by atoms with E-state index in [1.54, 1.807) is 12.3 Å². The number of aryl methyl sites for hydroxylation is 1. The van der Waals surface area contributed by atoms with E-state index in [0.29, 0.717) is 19.1 Å². The molecule has 2 aromatic rings. The van der Waals surface area contributed by atoms with Crippen LogP contribution in [0.25, 0.3) is 0 Å². The number of nitrogens with one attached hydrogen (secondary N) is 1. The van der Waals surface area contributed by atoms with E-state index < -0.39 is 6.10 Å². The van der Waals surface area contributed by atoms with Crippen molar-refractivity contribution < 1.29 is 9.53 Å². The van der Waals surface area contributed by atoms with Gasteiger partial charge in [-0.1, -0.05) is 18.2 Å². The van der Waals surface area contributed by atoms with E-state index in [1.165, 1.54) is 11.3 Å². The summed E-state index contributed by atoms with van der Waals surface area (Å²) in [6.07, 6.45) is 1.99. The molecule has 0 saturated carbocycles. The van der Waals surface area contributed by atoms with Crippen molar-refractivity contribution in [2.45, 2.75) is 44.8 Å². The number of nitrogens with zero attached hydrogens (tertiary/aromatic N) is 2. The van der Waals surface area contributed by atoms with Crippen molar-refractivity contribution in [1.82, 2.24) is 4.98 Å². The molecule has 2 atom stereocenters. The van der Waals surface area contributed by atoms with E-state index in [2.05, 4.69) is 53.3 Å². The Morgan fingerprint density at radius 2 is 2.15 bits per heavy atom. The molecular weight excluding hydrogens is 326 g/mol. The highest BCUT2D eigenvalue weighted by molar-refractivity contribution is 5.94. The van der Waals surface area contributed by atoms with Gasteiger partial charge in [-0.05, 0) is 51.0 Å². The number of ether oxygens (including phenoxy) is 1. The molecule has 2 aliphatic rings. The molecule has 0 bridgehead atoms. The van der Waals surface area contributed by atoms with Crippen LogP contribution >= 0.6 is 0 Å². The SMILES string of the molecule is Cc1cc(NC(=O)C2CC3(CO2)CN(C(C)C)c2ccccc23)ccn1. The summed E-state index contributed by atoms with van der Waals surface area (Å²) in [5.41, 5.74) is 4.13. The molecule has 0 aliphatic carbocycles. The first-order chi connectivity index (χ1) is 12.5. The number of fused-ring (bicyclic) bond motifs is 2. The Morgan fingerprint density at radius 3 is 2.92 bits per heavy atom. The van der Waals surface area contributed by atoms with Gasteiger partial charge < -0.3 is 15.0 Å². The molecule has 1 fully saturated rings. The third-order valence-electron chi connectivity index (χ3n) is 5.47. The van der Waals surface area contributed by atoms with Crippen LogP contribution in [-0.4, -0.2) is 36.2 Å². The fourth-order valence-electron chi connectivity index (χ4n) is 4.17. The predicted molar refractivity (Wildman–Crippen MR) is 103 cm³/mol. The highest BCUT2D eigenvalue weighted by Gasteiger charge is 2.50. The van der Waals surface area contributed by atoms with Crippen LogP contribution in [0.4, 0.5) is 11.4 Å². The van der Waals surface area contributed by atoms with Crippen LogP contribution in [0.5, 0.6) is 0 Å². The number of carbonyl (C=O) groups excluding carboxylic acids is 1. The molecule has 1 saturated heterocycles. The van der Waals surface area contributed by atoms with Crippen LogP contribution < -0.4 is 10.2 Å². The highest BCUT2D eigenvalue weighted by Crippen LogP contribution is 2.48. The molecule has 4 rings (SSSR count). The second kappa shape index (κ2) is 6.40. The van der Waals surface area contributed by atoms with Crippen molar-refractivity contribution in [3.63, 3.8) is 0 Å². The molecule has 1 N–H and O–H groups in total. The molecule has 3 heterocycles. The summed E-state index contributed by atoms with van der Waals surface area (Å²) in [6.45, 7) is 7.82. The molecule has 5 heteroatoms. The van der Waals surface area contributed by atoms with Crippen LogP contribution in [0.15, 0.2) is 42.6 Å². The van der Waals surface area contributed by atoms with Crippen LogP contribution in [0.3, 0.4) is 0 Å². The summed E-state index contributed by atoms with van der Waals surface area (Å²) in [7, 11) is 0. The smallest absolute Gasteiger partial charge is 0.253 e. The van der Waals surface area contributed by atoms with E-state index in [4.69, 9.17) is 4.74 Å². The average molecular weight is 351 g/mol. The first-order valence-corrected chi connectivity index (χ1v) is 9.20. The molecule has 2 aliphatic heterocycles. The number of carbonyl (C=O) groups is 1. The van der Waals surface area contributed by atoms with Crippen LogP contribution in [-0.2, 0) is 14.9 Å². The van der Waals surface area contributed by atoms with Gasteiger partial charge in [0.05, 0.1) is 6.61 Å². The quantitative estimate of drug-likeness (QED) is 0.922. The molecule has 2 unspecified atom stereocenters. The molecule has 1 spiro atoms. The molecule has 0 radical (unpaired) electrons. The Bertz CT molecular complexity index is 836. The zero-order chi connectivity index (χ0) is 18.3. The van der Waals surface area contributed by atoms with Crippen molar-refractivity contribution in [2.75, 3.05) is 23.4 Å². The zero-order valence-electron chi connectivity index (χ0n) is 15.5. The lowest BCUT2D eigenvalue weighted by atomic mass is 9.80. The first kappa shape index (κ1) is 17.0. The van der Waals surface area contributed by atoms with Crippen LogP contribution in [0.2, 0.25) is 0 Å². The van der Waals surface area contributed by atoms with Gasteiger partial charge in [0, 0.05) is 41.3 Å². The van der Waals surface area contributed by atoms with Gasteiger partial charge in [-0.25, -0.2) is 0 Å². The molecular formula is C21H25N3O2. The molecule has 26 heavy (non-hydrogen) atoms. The fourth-order valence-corrected chi connectivity index (χ4v) is 4.17. The van der Waals surface area contributed by atoms with Crippen molar-refractivity contribution in [1.29, 1.82) is 0 Å². The standard InChI is InChI=1S/C21H25N3O2/c1-14(2)24-12-21(17-6-4-5-7-18(17)24)11-19(26-13-21)20(25)23-16-8-9-22-15(3)10-16/h4-10,14,19H,11-13H2,1-3H3,(H,22,23,25). The highest BCUT2D eigenvalue weighted by atomic mass is 16.5. The average Bonchev–Trinajstić information content (AvgIpc) is 3.19. The summed E-state index contributed by atoms with van der Waals surface area (Å²) in [4.78, 5) is 19.3. The summed E-state index contributed by atoms with van der Waals surface area (Å²) in [5, 5.41) is 2.97. The minimum absolute atomic E-state index is 0.0760. The van der Waals surface area contributed by atoms with Crippen LogP contribution in [0, 0.1) is 6.92 Å². The Kier molecular flexibility index (Phi) is 4.19. The third kappa shape index (κ3) is 2.86. The minimum atomic E-state index is -0.427. The third-order valence-corrected chi connectivity index (χ3v) is 5.47. The van der Waals surface area contributed by atoms with Gasteiger partial charge in [0.15, 0.2) is 0 Å². The normalized spacial score (nSPS) is 24.3. The lowest BCUT2D eigenvalue weighted by Gasteiger charge is -2.27.